The number of hydrogen-bond donors (Lipinski definition) is 1. The molecule has 27 heavy (non-hydrogen) atoms. The molecule has 2 aliphatic carbocycles. The fraction of sp³-hybridized carbons (Fsp3) is 0.364. The van der Waals surface area contributed by atoms with Crippen molar-refractivity contribution < 1.29 is 4.79 Å². The molecule has 5 heteroatoms. The van der Waals surface area contributed by atoms with Crippen molar-refractivity contribution in [2.75, 3.05) is 5.32 Å². The number of nitrogens with zero attached hydrogens (tertiary/aromatic N) is 3. The zero-order chi connectivity index (χ0) is 18.9. The molecular weight excluding hydrogens is 336 g/mol. The van der Waals surface area contributed by atoms with Crippen molar-refractivity contribution in [2.45, 2.75) is 44.4 Å². The smallest absolute Gasteiger partial charge is 0.237 e. The quantitative estimate of drug-likeness (QED) is 0.752. The van der Waals surface area contributed by atoms with E-state index in [1.165, 1.54) is 0 Å². The van der Waals surface area contributed by atoms with Gasteiger partial charge in [0.05, 0.1) is 39.7 Å². The summed E-state index contributed by atoms with van der Waals surface area (Å²) >= 11 is 0. The number of carbonyl (C=O) groups is 1. The van der Waals surface area contributed by atoms with Gasteiger partial charge in [-0.3, -0.25) is 9.78 Å². The van der Waals surface area contributed by atoms with E-state index < -0.39 is 5.41 Å². The van der Waals surface area contributed by atoms with Gasteiger partial charge in [0.15, 0.2) is 0 Å². The Hall–Kier alpha value is -2.82. The van der Waals surface area contributed by atoms with Gasteiger partial charge in [0.2, 0.25) is 5.91 Å². The fourth-order valence-electron chi connectivity index (χ4n) is 5.22. The molecule has 1 N–H and O–H groups in total. The number of rotatable bonds is 2. The molecule has 0 spiro atoms. The minimum absolute atomic E-state index is 0.00689. The fourth-order valence-corrected chi connectivity index (χ4v) is 5.22. The van der Waals surface area contributed by atoms with Crippen LogP contribution in [-0.2, 0) is 15.6 Å². The second kappa shape index (κ2) is 5.12. The Morgan fingerprint density at radius 3 is 2.33 bits per heavy atom. The summed E-state index contributed by atoms with van der Waals surface area (Å²) in [5.74, 6) is -0.00689. The minimum atomic E-state index is -0.691. The van der Waals surface area contributed by atoms with E-state index in [2.05, 4.69) is 31.1 Å². The summed E-state index contributed by atoms with van der Waals surface area (Å²) in [7, 11) is 0. The van der Waals surface area contributed by atoms with Crippen LogP contribution in [0.15, 0.2) is 48.8 Å². The lowest BCUT2D eigenvalue weighted by atomic mass is 9.63. The Morgan fingerprint density at radius 1 is 0.963 bits per heavy atom. The van der Waals surface area contributed by atoms with Crippen LogP contribution in [0.5, 0.6) is 0 Å². The molecule has 2 bridgehead atoms. The van der Waals surface area contributed by atoms with Crippen molar-refractivity contribution in [3.8, 4) is 0 Å². The van der Waals surface area contributed by atoms with Gasteiger partial charge in [0, 0.05) is 11.6 Å². The number of carbonyl (C=O) groups excluding carboxylic acids is 1. The third-order valence-electron chi connectivity index (χ3n) is 7.25. The summed E-state index contributed by atoms with van der Waals surface area (Å²) in [6.45, 7) is 6.62. The Morgan fingerprint density at radius 2 is 1.67 bits per heavy atom. The van der Waals surface area contributed by atoms with Gasteiger partial charge in [-0.15, -0.1) is 0 Å². The van der Waals surface area contributed by atoms with Crippen molar-refractivity contribution in [2.24, 2.45) is 5.41 Å². The van der Waals surface area contributed by atoms with E-state index in [4.69, 9.17) is 9.97 Å². The van der Waals surface area contributed by atoms with Crippen LogP contribution in [0.2, 0.25) is 0 Å². The molecule has 5 rings (SSSR count). The standard InChI is InChI=1S/C22H22N4O/c1-20(2)21(3)10-11-22(20,19(27)24-14-7-6-12-23-13-14)18-17(21)25-15-8-4-5-9-16(15)26-18/h4-9,12-13H,10-11H2,1-3H3,(H,24,27)/t21-,22-/m1/s1. The van der Waals surface area contributed by atoms with Gasteiger partial charge < -0.3 is 5.32 Å². The zero-order valence-electron chi connectivity index (χ0n) is 15.8. The number of amides is 1. The van der Waals surface area contributed by atoms with E-state index in [0.717, 1.165) is 35.3 Å². The van der Waals surface area contributed by atoms with E-state index in [-0.39, 0.29) is 16.7 Å². The number of benzene rings is 1. The van der Waals surface area contributed by atoms with E-state index >= 15 is 0 Å². The Kier molecular flexibility index (Phi) is 3.10. The summed E-state index contributed by atoms with van der Waals surface area (Å²) < 4.78 is 0. The highest BCUT2D eigenvalue weighted by Crippen LogP contribution is 2.70. The van der Waals surface area contributed by atoms with Gasteiger partial charge in [0.25, 0.3) is 0 Å². The number of aromatic nitrogens is 3. The Labute approximate surface area is 158 Å². The van der Waals surface area contributed by atoms with Crippen LogP contribution in [0.25, 0.3) is 11.0 Å². The maximum atomic E-state index is 13.6. The number of nitrogens with one attached hydrogen (secondary N) is 1. The first-order valence-electron chi connectivity index (χ1n) is 9.39. The van der Waals surface area contributed by atoms with Crippen molar-refractivity contribution in [1.82, 2.24) is 15.0 Å². The SMILES string of the molecule is CC1(C)[C@]2(C(=O)Nc3cccnc3)CC[C@]1(C)c1nc3ccccc3nc12. The maximum absolute atomic E-state index is 13.6. The number of anilines is 1. The minimum Gasteiger partial charge on any atom is -0.324 e. The Balaban J connectivity index is 1.72. The van der Waals surface area contributed by atoms with E-state index in [0.29, 0.717) is 5.69 Å². The van der Waals surface area contributed by atoms with Crippen molar-refractivity contribution in [3.63, 3.8) is 0 Å². The molecule has 2 aliphatic rings. The van der Waals surface area contributed by atoms with E-state index in [1.54, 1.807) is 12.4 Å². The molecule has 1 amide bonds. The van der Waals surface area contributed by atoms with Crippen molar-refractivity contribution in [1.29, 1.82) is 0 Å². The second-order valence-electron chi connectivity index (χ2n) is 8.47. The average molecular weight is 358 g/mol. The molecule has 2 aromatic heterocycles. The summed E-state index contributed by atoms with van der Waals surface area (Å²) in [5, 5.41) is 3.09. The van der Waals surface area contributed by atoms with Crippen LogP contribution in [0.3, 0.4) is 0 Å². The molecule has 0 unspecified atom stereocenters. The van der Waals surface area contributed by atoms with Crippen LogP contribution >= 0.6 is 0 Å². The molecule has 3 aromatic rings. The van der Waals surface area contributed by atoms with Crippen LogP contribution in [0.4, 0.5) is 5.69 Å². The Bertz CT molecular complexity index is 1080. The van der Waals surface area contributed by atoms with Crippen molar-refractivity contribution >= 4 is 22.6 Å². The lowest BCUT2D eigenvalue weighted by Gasteiger charge is -2.39. The number of hydrogen-bond acceptors (Lipinski definition) is 4. The molecule has 5 nitrogen and oxygen atoms in total. The van der Waals surface area contributed by atoms with Gasteiger partial charge in [-0.05, 0) is 42.5 Å². The van der Waals surface area contributed by atoms with Crippen LogP contribution in [0, 0.1) is 5.41 Å². The molecule has 0 saturated heterocycles. The summed E-state index contributed by atoms with van der Waals surface area (Å²) in [6.07, 6.45) is 5.09. The van der Waals surface area contributed by atoms with Gasteiger partial charge in [0.1, 0.15) is 0 Å². The van der Waals surface area contributed by atoms with Gasteiger partial charge >= 0.3 is 0 Å². The largest absolute Gasteiger partial charge is 0.324 e. The van der Waals surface area contributed by atoms with Gasteiger partial charge in [-0.25, -0.2) is 9.97 Å². The highest BCUT2D eigenvalue weighted by Gasteiger charge is 2.73. The average Bonchev–Trinajstić information content (AvgIpc) is 2.97. The molecule has 2 heterocycles. The predicted octanol–water partition coefficient (Wildman–Crippen LogP) is 3.99. The second-order valence-corrected chi connectivity index (χ2v) is 8.47. The molecule has 1 fully saturated rings. The maximum Gasteiger partial charge on any atom is 0.237 e. The highest BCUT2D eigenvalue weighted by molar-refractivity contribution is 6.01. The van der Waals surface area contributed by atoms with E-state index in [9.17, 15) is 4.79 Å². The molecule has 2 atom stereocenters. The van der Waals surface area contributed by atoms with Crippen molar-refractivity contribution in [3.05, 3.63) is 60.2 Å². The predicted molar refractivity (Wildman–Crippen MR) is 104 cm³/mol. The highest BCUT2D eigenvalue weighted by atomic mass is 16.2. The molecule has 0 radical (unpaired) electrons. The number of para-hydroxylation sites is 2. The first-order chi connectivity index (χ1) is 12.9. The number of fused-ring (bicyclic) bond motifs is 6. The summed E-state index contributed by atoms with van der Waals surface area (Å²) in [5.41, 5.74) is 3.13. The lowest BCUT2D eigenvalue weighted by molar-refractivity contribution is -0.125. The molecule has 1 saturated carbocycles. The van der Waals surface area contributed by atoms with E-state index in [1.807, 2.05) is 36.4 Å². The topological polar surface area (TPSA) is 67.8 Å². The number of pyridine rings is 1. The molecule has 136 valence electrons. The van der Waals surface area contributed by atoms with Crippen LogP contribution in [0.1, 0.15) is 45.0 Å². The van der Waals surface area contributed by atoms with Gasteiger partial charge in [-0.1, -0.05) is 32.9 Å². The summed E-state index contributed by atoms with van der Waals surface area (Å²) in [6, 6.07) is 11.6. The van der Waals surface area contributed by atoms with Gasteiger partial charge in [-0.2, -0.15) is 0 Å². The monoisotopic (exact) mass is 358 g/mol. The first kappa shape index (κ1) is 16.4. The lowest BCUT2D eigenvalue weighted by Crippen LogP contribution is -2.48. The molecule has 1 aromatic carbocycles. The van der Waals surface area contributed by atoms with Crippen LogP contribution < -0.4 is 5.32 Å². The first-order valence-corrected chi connectivity index (χ1v) is 9.39. The third kappa shape index (κ3) is 1.84. The molecular formula is C22H22N4O. The zero-order valence-corrected chi connectivity index (χ0v) is 15.8. The third-order valence-corrected chi connectivity index (χ3v) is 7.25. The van der Waals surface area contributed by atoms with Crippen LogP contribution in [-0.4, -0.2) is 20.9 Å². The normalized spacial score (nSPS) is 27.5. The summed E-state index contributed by atoms with van der Waals surface area (Å²) in [4.78, 5) is 27.7. The molecule has 0 aliphatic heterocycles.